The third-order valence-electron chi connectivity index (χ3n) is 2.42. The molecule has 1 aromatic rings. The van der Waals surface area contributed by atoms with Gasteiger partial charge in [0, 0.05) is 17.6 Å². The number of alkyl halides is 3. The lowest BCUT2D eigenvalue weighted by Crippen LogP contribution is -2.31. The summed E-state index contributed by atoms with van der Waals surface area (Å²) in [7, 11) is -3.75. The Kier molecular flexibility index (Phi) is 5.89. The van der Waals surface area contributed by atoms with Crippen molar-refractivity contribution < 1.29 is 21.6 Å². The maximum Gasteiger partial charge on any atom is 0.416 e. The van der Waals surface area contributed by atoms with Crippen molar-refractivity contribution in [2.24, 2.45) is 0 Å². The van der Waals surface area contributed by atoms with E-state index in [2.05, 4.69) is 10.0 Å². The molecule has 0 unspecified atom stereocenters. The first-order chi connectivity index (χ1) is 9.49. The van der Waals surface area contributed by atoms with Gasteiger partial charge in [0.05, 0.1) is 17.0 Å². The van der Waals surface area contributed by atoms with Crippen LogP contribution in [0.1, 0.15) is 19.4 Å². The fraction of sp³-hybridized carbons (Fsp3) is 0.500. The molecule has 0 atom stereocenters. The van der Waals surface area contributed by atoms with Crippen LogP contribution < -0.4 is 10.0 Å². The molecule has 2 N–H and O–H groups in total. The van der Waals surface area contributed by atoms with Crippen molar-refractivity contribution >= 4 is 27.3 Å². The molecular weight excluding hydrogens is 329 g/mol. The van der Waals surface area contributed by atoms with Crippen LogP contribution >= 0.6 is 11.6 Å². The molecule has 0 amide bonds. The first-order valence-electron chi connectivity index (χ1n) is 6.11. The summed E-state index contributed by atoms with van der Waals surface area (Å²) < 4.78 is 63.5. The van der Waals surface area contributed by atoms with Crippen molar-refractivity contribution in [3.8, 4) is 0 Å². The molecule has 0 aliphatic rings. The lowest BCUT2D eigenvalue weighted by molar-refractivity contribution is -0.137. The molecule has 0 aliphatic carbocycles. The number of sulfonamides is 1. The Hall–Kier alpha value is -0.990. The third-order valence-corrected chi connectivity index (χ3v) is 3.93. The highest BCUT2D eigenvalue weighted by molar-refractivity contribution is 7.92. The molecule has 0 aliphatic heterocycles. The van der Waals surface area contributed by atoms with Crippen LogP contribution in [0.15, 0.2) is 18.2 Å². The summed E-state index contributed by atoms with van der Waals surface area (Å²) in [6.45, 7) is 3.90. The summed E-state index contributed by atoms with van der Waals surface area (Å²) in [5, 5.41) is 2.72. The molecule has 0 radical (unpaired) electrons. The summed E-state index contributed by atoms with van der Waals surface area (Å²) in [5.41, 5.74) is -1.22. The van der Waals surface area contributed by atoms with Gasteiger partial charge in [0.1, 0.15) is 0 Å². The molecule has 1 rings (SSSR count). The quantitative estimate of drug-likeness (QED) is 0.833. The molecule has 21 heavy (non-hydrogen) atoms. The molecule has 0 aromatic heterocycles. The largest absolute Gasteiger partial charge is 0.416 e. The summed E-state index contributed by atoms with van der Waals surface area (Å²) in [4.78, 5) is 0. The van der Waals surface area contributed by atoms with Gasteiger partial charge in [-0.05, 0) is 18.2 Å². The van der Waals surface area contributed by atoms with Gasteiger partial charge in [0.15, 0.2) is 0 Å². The number of hydrogen-bond donors (Lipinski definition) is 2. The molecule has 0 heterocycles. The van der Waals surface area contributed by atoms with Crippen molar-refractivity contribution in [1.29, 1.82) is 0 Å². The highest BCUT2D eigenvalue weighted by Crippen LogP contribution is 2.33. The molecule has 120 valence electrons. The zero-order valence-corrected chi connectivity index (χ0v) is 13.0. The van der Waals surface area contributed by atoms with Gasteiger partial charge in [-0.1, -0.05) is 25.4 Å². The van der Waals surface area contributed by atoms with Crippen LogP contribution in [0.3, 0.4) is 0 Å². The second-order valence-corrected chi connectivity index (χ2v) is 7.03. The van der Waals surface area contributed by atoms with E-state index in [1.54, 1.807) is 0 Å². The second-order valence-electron chi connectivity index (χ2n) is 4.76. The molecule has 0 bridgehead atoms. The van der Waals surface area contributed by atoms with E-state index in [1.807, 2.05) is 13.8 Å². The van der Waals surface area contributed by atoms with E-state index < -0.39 is 21.8 Å². The van der Waals surface area contributed by atoms with E-state index in [0.717, 1.165) is 12.1 Å². The predicted octanol–water partition coefficient (Wildman–Crippen LogP) is 3.10. The first-order valence-corrected chi connectivity index (χ1v) is 8.14. The van der Waals surface area contributed by atoms with Crippen molar-refractivity contribution in [1.82, 2.24) is 5.32 Å². The van der Waals surface area contributed by atoms with E-state index in [9.17, 15) is 21.6 Å². The van der Waals surface area contributed by atoms with Gasteiger partial charge in [0.25, 0.3) is 0 Å². The minimum absolute atomic E-state index is 0.114. The molecule has 0 fully saturated rings. The Bertz CT molecular complexity index is 589. The van der Waals surface area contributed by atoms with Gasteiger partial charge in [-0.3, -0.25) is 4.72 Å². The predicted molar refractivity (Wildman–Crippen MR) is 77.0 cm³/mol. The normalized spacial score (nSPS) is 12.7. The average Bonchev–Trinajstić information content (AvgIpc) is 2.24. The fourth-order valence-electron chi connectivity index (χ4n) is 1.52. The van der Waals surface area contributed by atoms with Crippen LogP contribution in [0.25, 0.3) is 0 Å². The van der Waals surface area contributed by atoms with Crippen molar-refractivity contribution in [3.05, 3.63) is 28.8 Å². The van der Waals surface area contributed by atoms with Crippen molar-refractivity contribution in [3.63, 3.8) is 0 Å². The van der Waals surface area contributed by atoms with Gasteiger partial charge < -0.3 is 5.32 Å². The number of rotatable bonds is 6. The second kappa shape index (κ2) is 6.85. The molecule has 4 nitrogen and oxygen atoms in total. The first kappa shape index (κ1) is 18.1. The Morgan fingerprint density at radius 1 is 1.24 bits per heavy atom. The van der Waals surface area contributed by atoms with E-state index >= 15 is 0 Å². The zero-order chi connectivity index (χ0) is 16.3. The summed E-state index contributed by atoms with van der Waals surface area (Å²) in [6.07, 6.45) is -4.59. The van der Waals surface area contributed by atoms with Gasteiger partial charge in [-0.15, -0.1) is 0 Å². The minimum atomic E-state index is -4.59. The molecule has 1 aromatic carbocycles. The number of anilines is 1. The Morgan fingerprint density at radius 3 is 2.38 bits per heavy atom. The van der Waals surface area contributed by atoms with E-state index in [1.165, 1.54) is 0 Å². The van der Waals surface area contributed by atoms with E-state index in [4.69, 9.17) is 11.6 Å². The van der Waals surface area contributed by atoms with Crippen LogP contribution in [-0.2, 0) is 16.2 Å². The summed E-state index contributed by atoms with van der Waals surface area (Å²) in [5.74, 6) is -0.251. The fourth-order valence-corrected chi connectivity index (χ4v) is 2.73. The van der Waals surface area contributed by atoms with Crippen LogP contribution in [0.2, 0.25) is 5.02 Å². The monoisotopic (exact) mass is 344 g/mol. The smallest absolute Gasteiger partial charge is 0.313 e. The number of nitrogens with one attached hydrogen (secondary N) is 2. The Labute approximate surface area is 126 Å². The van der Waals surface area contributed by atoms with Crippen molar-refractivity contribution in [2.45, 2.75) is 26.1 Å². The van der Waals surface area contributed by atoms with Crippen LogP contribution in [0.5, 0.6) is 0 Å². The number of hydrogen-bond acceptors (Lipinski definition) is 3. The zero-order valence-electron chi connectivity index (χ0n) is 11.5. The lowest BCUT2D eigenvalue weighted by atomic mass is 10.2. The van der Waals surface area contributed by atoms with Crippen LogP contribution in [-0.4, -0.2) is 26.8 Å². The molecule has 9 heteroatoms. The lowest BCUT2D eigenvalue weighted by Gasteiger charge is -2.13. The SMILES string of the molecule is CC(C)NCCS(=O)(=O)Nc1cc(Cl)cc(C(F)(F)F)c1. The standard InChI is InChI=1S/C12H16ClF3N2O2S/c1-8(2)17-3-4-21(19,20)18-11-6-9(12(14,15)16)5-10(13)7-11/h5-8,17-18H,3-4H2,1-2H3. The molecule has 0 saturated carbocycles. The molecule has 0 spiro atoms. The highest BCUT2D eigenvalue weighted by atomic mass is 35.5. The topological polar surface area (TPSA) is 58.2 Å². The molecular formula is C12H16ClF3N2O2S. The van der Waals surface area contributed by atoms with Gasteiger partial charge in [-0.2, -0.15) is 13.2 Å². The van der Waals surface area contributed by atoms with E-state index in [-0.39, 0.29) is 29.0 Å². The number of benzene rings is 1. The maximum absolute atomic E-state index is 12.6. The van der Waals surface area contributed by atoms with Crippen molar-refractivity contribution in [2.75, 3.05) is 17.0 Å². The average molecular weight is 345 g/mol. The summed E-state index contributed by atoms with van der Waals surface area (Å²) >= 11 is 5.58. The Balaban J connectivity index is 2.85. The Morgan fingerprint density at radius 2 is 1.86 bits per heavy atom. The van der Waals surface area contributed by atoms with Crippen LogP contribution in [0.4, 0.5) is 18.9 Å². The third kappa shape index (κ3) is 6.54. The van der Waals surface area contributed by atoms with Gasteiger partial charge in [-0.25, -0.2) is 8.42 Å². The van der Waals surface area contributed by atoms with Gasteiger partial charge >= 0.3 is 6.18 Å². The van der Waals surface area contributed by atoms with E-state index in [0.29, 0.717) is 6.07 Å². The highest BCUT2D eigenvalue weighted by Gasteiger charge is 2.31. The van der Waals surface area contributed by atoms with Gasteiger partial charge in [0.2, 0.25) is 10.0 Å². The maximum atomic E-state index is 12.6. The van der Waals surface area contributed by atoms with Crippen LogP contribution in [0, 0.1) is 0 Å². The minimum Gasteiger partial charge on any atom is -0.313 e. The molecule has 0 saturated heterocycles. The summed E-state index contributed by atoms with van der Waals surface area (Å²) in [6, 6.07) is 2.69. The number of halogens is 4.